The van der Waals surface area contributed by atoms with E-state index < -0.39 is 0 Å². The van der Waals surface area contributed by atoms with Crippen LogP contribution in [0, 0.1) is 0 Å². The number of benzene rings is 1. The van der Waals surface area contributed by atoms with Crippen LogP contribution in [0.3, 0.4) is 0 Å². The van der Waals surface area contributed by atoms with Gasteiger partial charge in [0.25, 0.3) is 0 Å². The van der Waals surface area contributed by atoms with Gasteiger partial charge in [0, 0.05) is 18.3 Å². The predicted octanol–water partition coefficient (Wildman–Crippen LogP) is 2.48. The number of nitrogens with one attached hydrogen (secondary N) is 1. The molecule has 0 fully saturated rings. The van der Waals surface area contributed by atoms with Gasteiger partial charge >= 0.3 is 0 Å². The van der Waals surface area contributed by atoms with Gasteiger partial charge in [-0.05, 0) is 18.6 Å². The van der Waals surface area contributed by atoms with Crippen molar-refractivity contribution < 1.29 is 0 Å². The molecule has 5 nitrogen and oxygen atoms in total. The second kappa shape index (κ2) is 6.15. The van der Waals surface area contributed by atoms with E-state index in [1.807, 2.05) is 42.3 Å². The van der Waals surface area contributed by atoms with Gasteiger partial charge in [0.15, 0.2) is 0 Å². The second-order valence-electron chi connectivity index (χ2n) is 4.31. The Bertz CT molecular complexity index is 527. The lowest BCUT2D eigenvalue weighted by atomic mass is 10.1. The summed E-state index contributed by atoms with van der Waals surface area (Å²) in [4.78, 5) is 10.6. The molecule has 100 valence electrons. The Morgan fingerprint density at radius 1 is 1.21 bits per heavy atom. The van der Waals surface area contributed by atoms with E-state index in [0.717, 1.165) is 29.9 Å². The maximum absolute atomic E-state index is 5.53. The van der Waals surface area contributed by atoms with Crippen molar-refractivity contribution in [2.45, 2.75) is 19.8 Å². The predicted molar refractivity (Wildman–Crippen MR) is 78.3 cm³/mol. The molecule has 0 aliphatic rings. The van der Waals surface area contributed by atoms with Crippen molar-refractivity contribution in [3.63, 3.8) is 0 Å². The van der Waals surface area contributed by atoms with Gasteiger partial charge < -0.3 is 10.3 Å². The summed E-state index contributed by atoms with van der Waals surface area (Å²) >= 11 is 0. The summed E-state index contributed by atoms with van der Waals surface area (Å²) in [7, 11) is 2.00. The molecule has 1 aromatic heterocycles. The van der Waals surface area contributed by atoms with Crippen molar-refractivity contribution >= 4 is 17.3 Å². The van der Waals surface area contributed by atoms with Gasteiger partial charge in [-0.1, -0.05) is 31.5 Å². The molecule has 0 bridgehead atoms. The Hall–Kier alpha value is -2.14. The van der Waals surface area contributed by atoms with Crippen molar-refractivity contribution in [3.05, 3.63) is 42.2 Å². The monoisotopic (exact) mass is 257 g/mol. The van der Waals surface area contributed by atoms with Gasteiger partial charge in [-0.3, -0.25) is 0 Å². The fourth-order valence-corrected chi connectivity index (χ4v) is 2.07. The van der Waals surface area contributed by atoms with Crippen LogP contribution in [0.4, 0.5) is 17.3 Å². The first kappa shape index (κ1) is 13.3. The molecule has 0 aliphatic heterocycles. The molecule has 0 atom stereocenters. The number of nitrogen functional groups attached to an aromatic ring is 1. The van der Waals surface area contributed by atoms with Crippen LogP contribution in [0.1, 0.15) is 18.9 Å². The van der Waals surface area contributed by atoms with E-state index >= 15 is 0 Å². The van der Waals surface area contributed by atoms with Crippen molar-refractivity contribution in [1.29, 1.82) is 0 Å². The Balaban J connectivity index is 2.44. The van der Waals surface area contributed by atoms with Crippen molar-refractivity contribution in [1.82, 2.24) is 9.97 Å². The Labute approximate surface area is 113 Å². The molecule has 0 saturated carbocycles. The molecule has 0 aliphatic carbocycles. The zero-order chi connectivity index (χ0) is 13.7. The van der Waals surface area contributed by atoms with Crippen LogP contribution in [0.2, 0.25) is 0 Å². The van der Waals surface area contributed by atoms with Gasteiger partial charge in [0.2, 0.25) is 0 Å². The number of para-hydroxylation sites is 1. The minimum Gasteiger partial charge on any atom is -0.329 e. The lowest BCUT2D eigenvalue weighted by molar-refractivity contribution is 0.891. The number of nitrogens with two attached hydrogens (primary N) is 1. The molecule has 0 amide bonds. The highest BCUT2D eigenvalue weighted by atomic mass is 15.3. The molecule has 3 N–H and O–H groups in total. The first-order valence-corrected chi connectivity index (χ1v) is 6.37. The number of rotatable bonds is 5. The molecule has 2 aromatic rings. The molecule has 0 unspecified atom stereocenters. The van der Waals surface area contributed by atoms with E-state index in [9.17, 15) is 0 Å². The molecular formula is C14H19N5. The second-order valence-corrected chi connectivity index (χ2v) is 4.31. The highest BCUT2D eigenvalue weighted by Gasteiger charge is 2.14. The molecule has 2 rings (SSSR count). The van der Waals surface area contributed by atoms with E-state index in [1.165, 1.54) is 6.33 Å². The maximum Gasteiger partial charge on any atom is 0.148 e. The molecule has 1 aromatic carbocycles. The van der Waals surface area contributed by atoms with Gasteiger partial charge in [0.1, 0.15) is 18.0 Å². The fraction of sp³-hybridized carbons (Fsp3) is 0.286. The van der Waals surface area contributed by atoms with E-state index in [1.54, 1.807) is 0 Å². The third-order valence-electron chi connectivity index (χ3n) is 3.02. The normalized spacial score (nSPS) is 10.3. The first-order valence-electron chi connectivity index (χ1n) is 6.37. The standard InChI is InChI=1S/C14H19N5/c1-3-7-12-13(18-15)16-10-17-14(12)19(2)11-8-5-4-6-9-11/h4-6,8-10H,3,7,15H2,1-2H3,(H,16,17,18). The molecule has 0 saturated heterocycles. The summed E-state index contributed by atoms with van der Waals surface area (Å²) in [6.07, 6.45) is 3.42. The van der Waals surface area contributed by atoms with Crippen molar-refractivity contribution in [2.75, 3.05) is 17.4 Å². The van der Waals surface area contributed by atoms with Crippen molar-refractivity contribution in [2.24, 2.45) is 5.84 Å². The van der Waals surface area contributed by atoms with Crippen LogP contribution in [-0.2, 0) is 6.42 Å². The number of nitrogens with zero attached hydrogens (tertiary/aromatic N) is 3. The van der Waals surface area contributed by atoms with Crippen LogP contribution in [0.25, 0.3) is 0 Å². The summed E-state index contributed by atoms with van der Waals surface area (Å²) in [6, 6.07) is 10.1. The quantitative estimate of drug-likeness (QED) is 0.636. The van der Waals surface area contributed by atoms with E-state index in [-0.39, 0.29) is 0 Å². The maximum atomic E-state index is 5.53. The summed E-state index contributed by atoms with van der Waals surface area (Å²) in [5.74, 6) is 7.10. The summed E-state index contributed by atoms with van der Waals surface area (Å²) in [6.45, 7) is 2.12. The minimum absolute atomic E-state index is 0.689. The zero-order valence-electron chi connectivity index (χ0n) is 11.3. The molecule has 19 heavy (non-hydrogen) atoms. The SMILES string of the molecule is CCCc1c(NN)ncnc1N(C)c1ccccc1. The average Bonchev–Trinajstić information content (AvgIpc) is 2.48. The van der Waals surface area contributed by atoms with Gasteiger partial charge in [-0.25, -0.2) is 15.8 Å². The lowest BCUT2D eigenvalue weighted by Crippen LogP contribution is -2.18. The van der Waals surface area contributed by atoms with Crippen LogP contribution in [-0.4, -0.2) is 17.0 Å². The number of anilines is 3. The topological polar surface area (TPSA) is 67.1 Å². The highest BCUT2D eigenvalue weighted by molar-refractivity contribution is 5.66. The van der Waals surface area contributed by atoms with Gasteiger partial charge in [-0.2, -0.15) is 0 Å². The smallest absolute Gasteiger partial charge is 0.148 e. The average molecular weight is 257 g/mol. The summed E-state index contributed by atoms with van der Waals surface area (Å²) in [5.41, 5.74) is 4.77. The largest absolute Gasteiger partial charge is 0.329 e. The van der Waals surface area contributed by atoms with Crippen LogP contribution in [0.5, 0.6) is 0 Å². The first-order chi connectivity index (χ1) is 9.27. The van der Waals surface area contributed by atoms with E-state index in [2.05, 4.69) is 22.3 Å². The van der Waals surface area contributed by atoms with Crippen LogP contribution < -0.4 is 16.2 Å². The third kappa shape index (κ3) is 2.82. The number of hydrazine groups is 1. The molecule has 0 radical (unpaired) electrons. The molecule has 1 heterocycles. The Kier molecular flexibility index (Phi) is 4.30. The molecular weight excluding hydrogens is 238 g/mol. The van der Waals surface area contributed by atoms with E-state index in [0.29, 0.717) is 5.82 Å². The number of aromatic nitrogens is 2. The van der Waals surface area contributed by atoms with E-state index in [4.69, 9.17) is 5.84 Å². The fourth-order valence-electron chi connectivity index (χ4n) is 2.07. The summed E-state index contributed by atoms with van der Waals surface area (Å²) < 4.78 is 0. The third-order valence-corrected chi connectivity index (χ3v) is 3.02. The Morgan fingerprint density at radius 2 is 1.95 bits per heavy atom. The van der Waals surface area contributed by atoms with Gasteiger partial charge in [-0.15, -0.1) is 0 Å². The zero-order valence-corrected chi connectivity index (χ0v) is 11.3. The molecule has 5 heteroatoms. The minimum atomic E-state index is 0.689. The van der Waals surface area contributed by atoms with Gasteiger partial charge in [0.05, 0.1) is 0 Å². The molecule has 0 spiro atoms. The highest BCUT2D eigenvalue weighted by Crippen LogP contribution is 2.28. The summed E-state index contributed by atoms with van der Waals surface area (Å²) in [5, 5.41) is 0. The Morgan fingerprint density at radius 3 is 2.58 bits per heavy atom. The number of hydrogen-bond acceptors (Lipinski definition) is 5. The number of hydrogen-bond donors (Lipinski definition) is 2. The van der Waals surface area contributed by atoms with Crippen LogP contribution >= 0.6 is 0 Å². The van der Waals surface area contributed by atoms with Crippen molar-refractivity contribution in [3.8, 4) is 0 Å². The van der Waals surface area contributed by atoms with Crippen LogP contribution in [0.15, 0.2) is 36.7 Å². The lowest BCUT2D eigenvalue weighted by Gasteiger charge is -2.22.